The highest BCUT2D eigenvalue weighted by atomic mass is 79.9. The molecule has 0 saturated heterocycles. The molecule has 0 aromatic heterocycles. The predicted molar refractivity (Wildman–Crippen MR) is 72.5 cm³/mol. The van der Waals surface area contributed by atoms with Crippen LogP contribution in [0.4, 0.5) is 5.69 Å². The van der Waals surface area contributed by atoms with Crippen LogP contribution in [0.15, 0.2) is 16.6 Å². The zero-order valence-electron chi connectivity index (χ0n) is 10.8. The van der Waals surface area contributed by atoms with E-state index in [0.717, 1.165) is 0 Å². The number of esters is 1. The standard InChI is InChI=1S/C12H14BrNO5/c1-7(2)6-19-11-9(13)5-4-8(12(15)18-3)10(11)14(16)17/h4-5,7H,6H2,1-3H3. The number of ether oxygens (including phenoxy) is 2. The Balaban J connectivity index is 3.33. The fourth-order valence-corrected chi connectivity index (χ4v) is 1.82. The van der Waals surface area contributed by atoms with Gasteiger partial charge in [-0.3, -0.25) is 10.1 Å². The molecule has 6 nitrogen and oxygen atoms in total. The number of rotatable bonds is 5. The third-order valence-electron chi connectivity index (χ3n) is 2.23. The fraction of sp³-hybridized carbons (Fsp3) is 0.417. The van der Waals surface area contributed by atoms with E-state index in [1.807, 2.05) is 13.8 Å². The van der Waals surface area contributed by atoms with Crippen LogP contribution in [-0.4, -0.2) is 24.6 Å². The van der Waals surface area contributed by atoms with Gasteiger partial charge in [0, 0.05) is 0 Å². The Morgan fingerprint density at radius 3 is 2.58 bits per heavy atom. The summed E-state index contributed by atoms with van der Waals surface area (Å²) >= 11 is 3.19. The van der Waals surface area contributed by atoms with Crippen molar-refractivity contribution in [3.63, 3.8) is 0 Å². The maximum atomic E-state index is 11.5. The minimum Gasteiger partial charge on any atom is -0.486 e. The molecule has 0 spiro atoms. The Hall–Kier alpha value is -1.63. The largest absolute Gasteiger partial charge is 0.486 e. The molecule has 0 bridgehead atoms. The van der Waals surface area contributed by atoms with Crippen LogP contribution in [0.25, 0.3) is 0 Å². The summed E-state index contributed by atoms with van der Waals surface area (Å²) in [6, 6.07) is 2.85. The average molecular weight is 332 g/mol. The maximum Gasteiger partial charge on any atom is 0.345 e. The van der Waals surface area contributed by atoms with Crippen LogP contribution in [0.3, 0.4) is 0 Å². The molecule has 104 valence electrons. The molecule has 0 aliphatic rings. The number of hydrogen-bond donors (Lipinski definition) is 0. The van der Waals surface area contributed by atoms with E-state index in [2.05, 4.69) is 20.7 Å². The Bertz CT molecular complexity index is 501. The molecular weight excluding hydrogens is 318 g/mol. The smallest absolute Gasteiger partial charge is 0.345 e. The number of benzene rings is 1. The lowest BCUT2D eigenvalue weighted by molar-refractivity contribution is -0.386. The van der Waals surface area contributed by atoms with Gasteiger partial charge in [-0.05, 0) is 34.0 Å². The molecule has 1 rings (SSSR count). The van der Waals surface area contributed by atoms with Gasteiger partial charge in [0.1, 0.15) is 5.56 Å². The first kappa shape index (κ1) is 15.4. The van der Waals surface area contributed by atoms with E-state index in [9.17, 15) is 14.9 Å². The van der Waals surface area contributed by atoms with E-state index >= 15 is 0 Å². The van der Waals surface area contributed by atoms with Gasteiger partial charge in [-0.25, -0.2) is 4.79 Å². The summed E-state index contributed by atoms with van der Waals surface area (Å²) in [7, 11) is 1.17. The van der Waals surface area contributed by atoms with Crippen LogP contribution >= 0.6 is 15.9 Å². The Morgan fingerprint density at radius 2 is 2.11 bits per heavy atom. The van der Waals surface area contributed by atoms with Gasteiger partial charge in [0.2, 0.25) is 5.75 Å². The van der Waals surface area contributed by atoms with Crippen molar-refractivity contribution in [2.45, 2.75) is 13.8 Å². The van der Waals surface area contributed by atoms with E-state index in [-0.39, 0.29) is 22.9 Å². The third kappa shape index (κ3) is 3.66. The van der Waals surface area contributed by atoms with Gasteiger partial charge in [-0.2, -0.15) is 0 Å². The molecule has 0 unspecified atom stereocenters. The molecule has 0 heterocycles. The molecule has 1 aromatic rings. The lowest BCUT2D eigenvalue weighted by Gasteiger charge is -2.12. The number of carbonyl (C=O) groups is 1. The Labute approximate surface area is 119 Å². The van der Waals surface area contributed by atoms with Crippen LogP contribution in [0, 0.1) is 16.0 Å². The van der Waals surface area contributed by atoms with Crippen LogP contribution in [0.1, 0.15) is 24.2 Å². The number of nitrogens with zero attached hydrogens (tertiary/aromatic N) is 1. The van der Waals surface area contributed by atoms with E-state index in [4.69, 9.17) is 4.74 Å². The fourth-order valence-electron chi connectivity index (χ4n) is 1.39. The summed E-state index contributed by atoms with van der Waals surface area (Å²) in [6.45, 7) is 4.15. The monoisotopic (exact) mass is 331 g/mol. The SMILES string of the molecule is COC(=O)c1ccc(Br)c(OCC(C)C)c1[N+](=O)[O-]. The van der Waals surface area contributed by atoms with Crippen LogP contribution in [-0.2, 0) is 4.74 Å². The quantitative estimate of drug-likeness (QED) is 0.470. The minimum atomic E-state index is -0.770. The van der Waals surface area contributed by atoms with Crippen molar-refractivity contribution < 1.29 is 19.2 Å². The van der Waals surface area contributed by atoms with E-state index in [0.29, 0.717) is 11.1 Å². The van der Waals surface area contributed by atoms with Gasteiger partial charge in [0.25, 0.3) is 0 Å². The Morgan fingerprint density at radius 1 is 1.47 bits per heavy atom. The molecule has 0 fully saturated rings. The summed E-state index contributed by atoms with van der Waals surface area (Å²) in [5.74, 6) is -0.525. The van der Waals surface area contributed by atoms with Gasteiger partial charge < -0.3 is 9.47 Å². The third-order valence-corrected chi connectivity index (χ3v) is 2.86. The van der Waals surface area contributed by atoms with Crippen LogP contribution in [0.5, 0.6) is 5.75 Å². The Kier molecular flexibility index (Phi) is 5.29. The second kappa shape index (κ2) is 6.51. The van der Waals surface area contributed by atoms with Crippen LogP contribution < -0.4 is 4.74 Å². The first-order valence-corrected chi connectivity index (χ1v) is 6.35. The topological polar surface area (TPSA) is 78.7 Å². The molecule has 0 aliphatic carbocycles. The highest BCUT2D eigenvalue weighted by Crippen LogP contribution is 2.38. The lowest BCUT2D eigenvalue weighted by Crippen LogP contribution is -2.11. The van der Waals surface area contributed by atoms with Gasteiger partial charge in [0.15, 0.2) is 0 Å². The van der Waals surface area contributed by atoms with Crippen molar-refractivity contribution in [2.24, 2.45) is 5.92 Å². The summed E-state index contributed by atoms with van der Waals surface area (Å²) in [5.41, 5.74) is -0.517. The number of nitro benzene ring substituents is 1. The first-order valence-electron chi connectivity index (χ1n) is 5.56. The minimum absolute atomic E-state index is 0.0431. The summed E-state index contributed by atoms with van der Waals surface area (Å²) in [6.07, 6.45) is 0. The van der Waals surface area contributed by atoms with Crippen LogP contribution in [0.2, 0.25) is 0 Å². The van der Waals surface area contributed by atoms with E-state index in [1.54, 1.807) is 0 Å². The summed E-state index contributed by atoms with van der Waals surface area (Å²) in [4.78, 5) is 22.1. The molecule has 1 aromatic carbocycles. The van der Waals surface area contributed by atoms with Crippen molar-refractivity contribution in [1.29, 1.82) is 0 Å². The van der Waals surface area contributed by atoms with Gasteiger partial charge >= 0.3 is 11.7 Å². The molecule has 0 saturated carbocycles. The number of carbonyl (C=O) groups excluding carboxylic acids is 1. The van der Waals surface area contributed by atoms with Crippen molar-refractivity contribution in [1.82, 2.24) is 0 Å². The maximum absolute atomic E-state index is 11.5. The average Bonchev–Trinajstić information content (AvgIpc) is 2.35. The highest BCUT2D eigenvalue weighted by Gasteiger charge is 2.28. The molecule has 0 atom stereocenters. The normalized spacial score (nSPS) is 10.4. The summed E-state index contributed by atoms with van der Waals surface area (Å²) < 4.78 is 10.4. The molecular formula is C12H14BrNO5. The number of methoxy groups -OCH3 is 1. The van der Waals surface area contributed by atoms with Gasteiger partial charge in [-0.1, -0.05) is 13.8 Å². The zero-order chi connectivity index (χ0) is 14.6. The lowest BCUT2D eigenvalue weighted by atomic mass is 10.1. The highest BCUT2D eigenvalue weighted by molar-refractivity contribution is 9.10. The molecule has 0 N–H and O–H groups in total. The van der Waals surface area contributed by atoms with Crippen molar-refractivity contribution in [3.05, 3.63) is 32.3 Å². The molecule has 0 aliphatic heterocycles. The van der Waals surface area contributed by atoms with E-state index in [1.165, 1.54) is 19.2 Å². The predicted octanol–water partition coefficient (Wildman–Crippen LogP) is 3.18. The van der Waals surface area contributed by atoms with Gasteiger partial charge in [0.05, 0.1) is 23.1 Å². The number of halogens is 1. The van der Waals surface area contributed by atoms with Gasteiger partial charge in [-0.15, -0.1) is 0 Å². The van der Waals surface area contributed by atoms with Crippen molar-refractivity contribution >= 4 is 27.6 Å². The first-order chi connectivity index (χ1) is 8.88. The number of nitro groups is 1. The summed E-state index contributed by atoms with van der Waals surface area (Å²) in [5, 5.41) is 11.2. The second-order valence-electron chi connectivity index (χ2n) is 4.23. The molecule has 7 heteroatoms. The number of hydrogen-bond acceptors (Lipinski definition) is 5. The van der Waals surface area contributed by atoms with Crippen molar-refractivity contribution in [2.75, 3.05) is 13.7 Å². The molecule has 0 radical (unpaired) electrons. The van der Waals surface area contributed by atoms with Crippen molar-refractivity contribution in [3.8, 4) is 5.75 Å². The second-order valence-corrected chi connectivity index (χ2v) is 5.08. The molecule has 0 amide bonds. The molecule has 19 heavy (non-hydrogen) atoms. The zero-order valence-corrected chi connectivity index (χ0v) is 12.4. The van der Waals surface area contributed by atoms with E-state index < -0.39 is 10.9 Å².